The average molecular weight is 915 g/mol. The minimum Gasteiger partial charge on any atom is -0.394 e. The smallest absolute Gasteiger partial charge is 0.220 e. The molecule has 0 saturated heterocycles. The van der Waals surface area contributed by atoms with Gasteiger partial charge in [0.25, 0.3) is 0 Å². The Hall–Kier alpha value is -1.43. The van der Waals surface area contributed by atoms with Crippen molar-refractivity contribution in [3.8, 4) is 0 Å². The molecule has 0 aliphatic rings. The van der Waals surface area contributed by atoms with Crippen LogP contribution in [0.2, 0.25) is 0 Å². The SMILES string of the molecule is CCCCCCCCCCCCC/C=C/CC/C=C/CCCC(O)C(O)C(CO)NC(=O)CCCCCCCCCCCCCCCCC/C=C\CCCCCCCCCCCCCC. The highest BCUT2D eigenvalue weighted by molar-refractivity contribution is 5.76. The molecule has 0 aromatic carbocycles. The molecule has 4 N–H and O–H groups in total. The largest absolute Gasteiger partial charge is 0.394 e. The molecule has 0 radical (unpaired) electrons. The summed E-state index contributed by atoms with van der Waals surface area (Å²) in [6.07, 6.45) is 71.7. The standard InChI is InChI=1S/C60H115NO4/c1-3-5-7-9-11-13-15-17-19-21-23-25-26-27-28-29-30-31-32-33-34-35-37-39-41-43-45-47-49-51-53-55-59(64)61-57(56-62)60(65)58(63)54-52-50-48-46-44-42-40-38-36-24-22-20-18-16-14-12-10-8-6-4-2/h27-28,38,40,46,48,57-58,60,62-63,65H,3-26,29-37,39,41-45,47,49-56H2,1-2H3,(H,61,64)/b28-27-,40-38+,48-46+. The van der Waals surface area contributed by atoms with Gasteiger partial charge in [-0.2, -0.15) is 0 Å². The Morgan fingerprint density at radius 1 is 0.369 bits per heavy atom. The fourth-order valence-electron chi connectivity index (χ4n) is 9.18. The predicted molar refractivity (Wildman–Crippen MR) is 287 cm³/mol. The topological polar surface area (TPSA) is 89.8 Å². The number of hydrogen-bond acceptors (Lipinski definition) is 4. The van der Waals surface area contributed by atoms with E-state index in [2.05, 4.69) is 55.6 Å². The number of aliphatic hydroxyl groups is 3. The van der Waals surface area contributed by atoms with Crippen molar-refractivity contribution < 1.29 is 20.1 Å². The first-order valence-electron chi connectivity index (χ1n) is 29.3. The Morgan fingerprint density at radius 2 is 0.631 bits per heavy atom. The van der Waals surface area contributed by atoms with E-state index >= 15 is 0 Å². The van der Waals surface area contributed by atoms with Crippen molar-refractivity contribution in [2.24, 2.45) is 0 Å². The zero-order valence-corrected chi connectivity index (χ0v) is 43.9. The van der Waals surface area contributed by atoms with Crippen LogP contribution in [0.5, 0.6) is 0 Å². The molecule has 3 unspecified atom stereocenters. The maximum atomic E-state index is 12.5. The molecular formula is C60H115NO4. The van der Waals surface area contributed by atoms with E-state index in [0.29, 0.717) is 12.8 Å². The van der Waals surface area contributed by atoms with E-state index in [-0.39, 0.29) is 12.5 Å². The zero-order chi connectivity index (χ0) is 47.2. The molecule has 65 heavy (non-hydrogen) atoms. The van der Waals surface area contributed by atoms with Gasteiger partial charge in [0.05, 0.1) is 18.8 Å². The number of unbranched alkanes of at least 4 members (excludes halogenated alkanes) is 40. The fraction of sp³-hybridized carbons (Fsp3) is 0.883. The molecule has 0 aliphatic carbocycles. The van der Waals surface area contributed by atoms with Crippen LogP contribution in [0.25, 0.3) is 0 Å². The third kappa shape index (κ3) is 50.3. The molecule has 0 spiro atoms. The van der Waals surface area contributed by atoms with Gasteiger partial charge >= 0.3 is 0 Å². The van der Waals surface area contributed by atoms with Crippen molar-refractivity contribution in [2.45, 2.75) is 334 Å². The van der Waals surface area contributed by atoms with Gasteiger partial charge in [0.15, 0.2) is 0 Å². The number of carbonyl (C=O) groups excluding carboxylic acids is 1. The van der Waals surface area contributed by atoms with Crippen molar-refractivity contribution >= 4 is 5.91 Å². The minimum absolute atomic E-state index is 0.154. The van der Waals surface area contributed by atoms with Crippen LogP contribution in [0, 0.1) is 0 Å². The second-order valence-corrected chi connectivity index (χ2v) is 20.2. The minimum atomic E-state index is -1.17. The van der Waals surface area contributed by atoms with E-state index in [9.17, 15) is 20.1 Å². The predicted octanol–water partition coefficient (Wildman–Crippen LogP) is 18.2. The molecular weight excluding hydrogens is 799 g/mol. The fourth-order valence-corrected chi connectivity index (χ4v) is 9.18. The van der Waals surface area contributed by atoms with Crippen molar-refractivity contribution in [3.63, 3.8) is 0 Å². The highest BCUT2D eigenvalue weighted by Gasteiger charge is 2.26. The van der Waals surface area contributed by atoms with Gasteiger partial charge in [-0.3, -0.25) is 4.79 Å². The maximum absolute atomic E-state index is 12.5. The summed E-state index contributed by atoms with van der Waals surface area (Å²) in [5, 5.41) is 33.7. The summed E-state index contributed by atoms with van der Waals surface area (Å²) < 4.78 is 0. The van der Waals surface area contributed by atoms with Gasteiger partial charge in [0.1, 0.15) is 6.10 Å². The molecule has 0 saturated carbocycles. The highest BCUT2D eigenvalue weighted by Crippen LogP contribution is 2.17. The van der Waals surface area contributed by atoms with Crippen LogP contribution < -0.4 is 5.32 Å². The number of amides is 1. The summed E-state index contributed by atoms with van der Waals surface area (Å²) in [6.45, 7) is 4.20. The number of nitrogens with one attached hydrogen (secondary N) is 1. The third-order valence-electron chi connectivity index (χ3n) is 13.7. The quantitative estimate of drug-likeness (QED) is 0.0361. The summed E-state index contributed by atoms with van der Waals surface area (Å²) >= 11 is 0. The molecule has 5 heteroatoms. The summed E-state index contributed by atoms with van der Waals surface area (Å²) in [5.74, 6) is -0.154. The maximum Gasteiger partial charge on any atom is 0.220 e. The van der Waals surface area contributed by atoms with E-state index in [1.807, 2.05) is 0 Å². The Labute approximate surface area is 406 Å². The molecule has 0 heterocycles. The number of rotatable bonds is 54. The van der Waals surface area contributed by atoms with Gasteiger partial charge in [-0.25, -0.2) is 0 Å². The Morgan fingerprint density at radius 3 is 0.938 bits per heavy atom. The molecule has 384 valence electrons. The summed E-state index contributed by atoms with van der Waals surface area (Å²) in [5.41, 5.74) is 0. The summed E-state index contributed by atoms with van der Waals surface area (Å²) in [4.78, 5) is 12.5. The van der Waals surface area contributed by atoms with E-state index in [1.54, 1.807) is 0 Å². The molecule has 0 fully saturated rings. The number of carbonyl (C=O) groups is 1. The van der Waals surface area contributed by atoms with Crippen LogP contribution >= 0.6 is 0 Å². The van der Waals surface area contributed by atoms with E-state index in [0.717, 1.165) is 44.9 Å². The van der Waals surface area contributed by atoms with Crippen molar-refractivity contribution in [1.29, 1.82) is 0 Å². The molecule has 0 aliphatic heterocycles. The molecule has 0 rings (SSSR count). The molecule has 1 amide bonds. The van der Waals surface area contributed by atoms with Crippen molar-refractivity contribution in [3.05, 3.63) is 36.5 Å². The summed E-state index contributed by atoms with van der Waals surface area (Å²) in [6, 6.07) is -0.832. The Bertz CT molecular complexity index is 1010. The molecule has 0 bridgehead atoms. The van der Waals surface area contributed by atoms with E-state index in [1.165, 1.54) is 244 Å². The van der Waals surface area contributed by atoms with Gasteiger partial charge in [-0.1, -0.05) is 269 Å². The Kier molecular flexibility index (Phi) is 54.0. The molecule has 0 aromatic rings. The number of hydrogen-bond donors (Lipinski definition) is 4. The lowest BCUT2D eigenvalue weighted by Crippen LogP contribution is -2.50. The monoisotopic (exact) mass is 914 g/mol. The van der Waals surface area contributed by atoms with Crippen molar-refractivity contribution in [2.75, 3.05) is 6.61 Å². The van der Waals surface area contributed by atoms with Crippen LogP contribution in [-0.4, -0.2) is 46.1 Å². The first kappa shape index (κ1) is 63.6. The van der Waals surface area contributed by atoms with E-state index in [4.69, 9.17) is 0 Å². The normalized spacial score (nSPS) is 13.5. The van der Waals surface area contributed by atoms with Gasteiger partial charge in [-0.05, 0) is 77.0 Å². The van der Waals surface area contributed by atoms with Crippen LogP contribution in [0.15, 0.2) is 36.5 Å². The van der Waals surface area contributed by atoms with Crippen LogP contribution in [0.3, 0.4) is 0 Å². The first-order valence-corrected chi connectivity index (χ1v) is 29.3. The third-order valence-corrected chi connectivity index (χ3v) is 13.7. The van der Waals surface area contributed by atoms with Gasteiger partial charge < -0.3 is 20.6 Å². The second kappa shape index (κ2) is 55.2. The van der Waals surface area contributed by atoms with Crippen LogP contribution in [-0.2, 0) is 4.79 Å². The van der Waals surface area contributed by atoms with E-state index < -0.39 is 18.2 Å². The lowest BCUT2D eigenvalue weighted by Gasteiger charge is -2.26. The van der Waals surface area contributed by atoms with Gasteiger partial charge in [0.2, 0.25) is 5.91 Å². The van der Waals surface area contributed by atoms with Crippen LogP contribution in [0.4, 0.5) is 0 Å². The van der Waals surface area contributed by atoms with Crippen molar-refractivity contribution in [1.82, 2.24) is 5.32 Å². The average Bonchev–Trinajstić information content (AvgIpc) is 3.31. The first-order chi connectivity index (χ1) is 32.1. The molecule has 0 aromatic heterocycles. The second-order valence-electron chi connectivity index (χ2n) is 20.2. The molecule has 3 atom stereocenters. The molecule has 5 nitrogen and oxygen atoms in total. The lowest BCUT2D eigenvalue weighted by atomic mass is 10.0. The number of allylic oxidation sites excluding steroid dienone is 6. The Balaban J connectivity index is 3.55. The highest BCUT2D eigenvalue weighted by atomic mass is 16.3. The summed E-state index contributed by atoms with van der Waals surface area (Å²) in [7, 11) is 0. The van der Waals surface area contributed by atoms with Gasteiger partial charge in [0, 0.05) is 6.42 Å². The zero-order valence-electron chi connectivity index (χ0n) is 43.9. The van der Waals surface area contributed by atoms with Gasteiger partial charge in [-0.15, -0.1) is 0 Å². The van der Waals surface area contributed by atoms with Crippen LogP contribution in [0.1, 0.15) is 316 Å². The lowest BCUT2D eigenvalue weighted by molar-refractivity contribution is -0.124. The number of aliphatic hydroxyl groups excluding tert-OH is 3.